The van der Waals surface area contributed by atoms with E-state index in [0.717, 1.165) is 16.4 Å². The van der Waals surface area contributed by atoms with E-state index in [4.69, 9.17) is 11.6 Å². The molecule has 2 heteroatoms. The van der Waals surface area contributed by atoms with Gasteiger partial charge in [-0.2, -0.15) is 0 Å². The summed E-state index contributed by atoms with van der Waals surface area (Å²) in [6.45, 7) is 9.12. The monoisotopic (exact) mass is 325 g/mol. The molecule has 0 aromatic carbocycles. The van der Waals surface area contributed by atoms with Crippen LogP contribution in [0.15, 0.2) is 41.0 Å². The van der Waals surface area contributed by atoms with E-state index in [1.807, 2.05) is 0 Å². The van der Waals surface area contributed by atoms with Gasteiger partial charge >= 0.3 is 118 Å². The van der Waals surface area contributed by atoms with Gasteiger partial charge in [-0.05, 0) is 0 Å². The van der Waals surface area contributed by atoms with Gasteiger partial charge in [0.2, 0.25) is 0 Å². The Morgan fingerprint density at radius 1 is 0.941 bits per heavy atom. The second-order valence-electron chi connectivity index (χ2n) is 5.11. The third-order valence-corrected chi connectivity index (χ3v) is 13.1. The molecule has 0 N–H and O–H groups in total. The zero-order valence-corrected chi connectivity index (χ0v) is 14.4. The summed E-state index contributed by atoms with van der Waals surface area (Å²) in [6, 6.07) is 0. The topological polar surface area (TPSA) is 0 Å². The molecule has 0 amide bonds. The standard InChI is InChI=1S/2C7H9.CH2Cl.Zr/c2*1-6-3-4-7(2)5-6;1-2;/h2*3H,4H2,1-2H3;1H2;. The Bertz CT molecular complexity index is 421. The molecule has 17 heavy (non-hydrogen) atoms. The molecule has 0 saturated carbocycles. The molecule has 0 fully saturated rings. The van der Waals surface area contributed by atoms with E-state index >= 15 is 0 Å². The summed E-state index contributed by atoms with van der Waals surface area (Å²) in [5, 5.41) is 0. The maximum absolute atomic E-state index is 6.35. The van der Waals surface area contributed by atoms with Crippen LogP contribution in [-0.4, -0.2) is 3.59 Å². The van der Waals surface area contributed by atoms with Crippen LogP contribution in [0.2, 0.25) is 0 Å². The van der Waals surface area contributed by atoms with Crippen LogP contribution >= 0.6 is 11.6 Å². The first kappa shape index (κ1) is 13.6. The zero-order chi connectivity index (χ0) is 12.6. The molecule has 0 radical (unpaired) electrons. The van der Waals surface area contributed by atoms with Crippen molar-refractivity contribution >= 4 is 11.6 Å². The number of hydrogen-bond acceptors (Lipinski definition) is 0. The van der Waals surface area contributed by atoms with Gasteiger partial charge in [0.05, 0.1) is 0 Å². The summed E-state index contributed by atoms with van der Waals surface area (Å²) in [5.74, 6) is 0. The molecule has 0 aromatic heterocycles. The minimum absolute atomic E-state index is 0.887. The number of alkyl halides is 1. The van der Waals surface area contributed by atoms with Crippen molar-refractivity contribution in [3.8, 4) is 0 Å². The third kappa shape index (κ3) is 2.47. The van der Waals surface area contributed by atoms with Crippen LogP contribution in [0.3, 0.4) is 0 Å². The van der Waals surface area contributed by atoms with Gasteiger partial charge in [-0.15, -0.1) is 0 Å². The van der Waals surface area contributed by atoms with Crippen LogP contribution in [0, 0.1) is 0 Å². The van der Waals surface area contributed by atoms with Gasteiger partial charge < -0.3 is 0 Å². The van der Waals surface area contributed by atoms with Crippen molar-refractivity contribution in [1.29, 1.82) is 0 Å². The third-order valence-electron chi connectivity index (χ3n) is 3.81. The fourth-order valence-corrected chi connectivity index (χ4v) is 11.7. The van der Waals surface area contributed by atoms with Crippen LogP contribution in [0.25, 0.3) is 0 Å². The zero-order valence-electron chi connectivity index (χ0n) is 11.2. The summed E-state index contributed by atoms with van der Waals surface area (Å²) in [4.78, 5) is 0. The van der Waals surface area contributed by atoms with Crippen molar-refractivity contribution < 1.29 is 21.8 Å². The molecule has 0 heterocycles. The van der Waals surface area contributed by atoms with Crippen LogP contribution in [-0.2, 0) is 21.8 Å². The summed E-state index contributed by atoms with van der Waals surface area (Å²) < 4.78 is 4.26. The van der Waals surface area contributed by atoms with Crippen molar-refractivity contribution in [2.75, 3.05) is 3.59 Å². The Balaban J connectivity index is 2.42. The molecule has 0 saturated heterocycles. The van der Waals surface area contributed by atoms with E-state index in [-0.39, 0.29) is 0 Å². The second-order valence-corrected chi connectivity index (χ2v) is 12.2. The minimum atomic E-state index is -1.81. The Labute approximate surface area is 118 Å². The van der Waals surface area contributed by atoms with Crippen molar-refractivity contribution in [1.82, 2.24) is 0 Å². The predicted molar refractivity (Wildman–Crippen MR) is 72.9 cm³/mol. The molecule has 0 unspecified atom stereocenters. The van der Waals surface area contributed by atoms with Gasteiger partial charge in [-0.25, -0.2) is 0 Å². The first-order chi connectivity index (χ1) is 8.06. The number of hydrogen-bond donors (Lipinski definition) is 0. The number of allylic oxidation sites excluding steroid dienone is 8. The Morgan fingerprint density at radius 3 is 1.59 bits per heavy atom. The number of rotatable bonds is 3. The summed E-state index contributed by atoms with van der Waals surface area (Å²) in [6.07, 6.45) is 7.05. The molecule has 2 aliphatic carbocycles. The van der Waals surface area contributed by atoms with Gasteiger partial charge in [-0.3, -0.25) is 0 Å². The fraction of sp³-hybridized carbons (Fsp3) is 0.467. The Morgan fingerprint density at radius 2 is 1.35 bits per heavy atom. The van der Waals surface area contributed by atoms with Gasteiger partial charge in [0.25, 0.3) is 0 Å². The summed E-state index contributed by atoms with van der Waals surface area (Å²) in [5.41, 5.74) is 6.19. The molecular weight excluding hydrogens is 307 g/mol. The van der Waals surface area contributed by atoms with Crippen molar-refractivity contribution in [3.63, 3.8) is 0 Å². The molecule has 0 bridgehead atoms. The molecule has 2 rings (SSSR count). The molecule has 91 valence electrons. The Kier molecular flexibility index (Phi) is 4.32. The van der Waals surface area contributed by atoms with Gasteiger partial charge in [0.15, 0.2) is 0 Å². The first-order valence-corrected chi connectivity index (χ1v) is 11.0. The molecular formula is C15H20ClZr. The molecule has 0 aromatic rings. The second kappa shape index (κ2) is 5.41. The van der Waals surface area contributed by atoms with Crippen LogP contribution in [0.1, 0.15) is 40.5 Å². The first-order valence-electron chi connectivity index (χ1n) is 6.22. The van der Waals surface area contributed by atoms with E-state index in [9.17, 15) is 0 Å². The van der Waals surface area contributed by atoms with Crippen molar-refractivity contribution in [3.05, 3.63) is 41.0 Å². The van der Waals surface area contributed by atoms with Crippen LogP contribution in [0.5, 0.6) is 0 Å². The molecule has 0 aliphatic heterocycles. The molecule has 0 atom stereocenters. The Hall–Kier alpha value is 0.133. The van der Waals surface area contributed by atoms with Crippen LogP contribution in [0.4, 0.5) is 0 Å². The molecule has 0 nitrogen and oxygen atoms in total. The summed E-state index contributed by atoms with van der Waals surface area (Å²) >= 11 is 4.54. The van der Waals surface area contributed by atoms with E-state index in [0.29, 0.717) is 0 Å². The van der Waals surface area contributed by atoms with Gasteiger partial charge in [0, 0.05) is 0 Å². The fourth-order valence-electron chi connectivity index (χ4n) is 2.94. The van der Waals surface area contributed by atoms with Crippen molar-refractivity contribution in [2.45, 2.75) is 40.5 Å². The van der Waals surface area contributed by atoms with E-state index in [1.54, 1.807) is 17.7 Å². The average molecular weight is 327 g/mol. The van der Waals surface area contributed by atoms with Gasteiger partial charge in [-0.1, -0.05) is 0 Å². The van der Waals surface area contributed by atoms with Gasteiger partial charge in [0.1, 0.15) is 0 Å². The normalized spacial score (nSPS) is 20.1. The van der Waals surface area contributed by atoms with E-state index < -0.39 is 21.8 Å². The maximum atomic E-state index is 6.35. The number of halogens is 1. The molecule has 2 aliphatic rings. The average Bonchev–Trinajstić information content (AvgIpc) is 2.78. The van der Waals surface area contributed by atoms with Crippen molar-refractivity contribution in [2.24, 2.45) is 0 Å². The van der Waals surface area contributed by atoms with E-state index in [2.05, 4.69) is 39.8 Å². The van der Waals surface area contributed by atoms with E-state index in [1.165, 1.54) is 11.1 Å². The quantitative estimate of drug-likeness (QED) is 0.637. The predicted octanol–water partition coefficient (Wildman–Crippen LogP) is 5.05. The summed E-state index contributed by atoms with van der Waals surface area (Å²) in [7, 11) is 0. The molecule has 0 spiro atoms. The van der Waals surface area contributed by atoms with Crippen LogP contribution < -0.4 is 0 Å². The SMILES string of the molecule is CC1=CCC(C)=[C]1[Zr]([CH2]Cl)[C]1=C(C)CC=C1C.